The number of hydrogen-bond acceptors (Lipinski definition) is 9. The maximum absolute atomic E-state index is 13.6. The van der Waals surface area contributed by atoms with Crippen molar-refractivity contribution in [3.05, 3.63) is 30.5 Å². The fourth-order valence-corrected chi connectivity index (χ4v) is 4.71. The number of nitrogens with zero attached hydrogens (tertiary/aromatic N) is 4. The lowest BCUT2D eigenvalue weighted by Crippen LogP contribution is -2.58. The normalized spacial score (nSPS) is 32.1. The summed E-state index contributed by atoms with van der Waals surface area (Å²) in [4.78, 5) is 22.1. The van der Waals surface area contributed by atoms with Gasteiger partial charge in [-0.25, -0.2) is 14.8 Å². The molecule has 0 radical (unpaired) electrons. The van der Waals surface area contributed by atoms with Crippen LogP contribution in [-0.2, 0) is 9.53 Å². The molecule has 1 aromatic heterocycles. The summed E-state index contributed by atoms with van der Waals surface area (Å²) in [5.74, 6) is -1.14. The van der Waals surface area contributed by atoms with Gasteiger partial charge in [0, 0.05) is 38.6 Å². The molecule has 10 nitrogen and oxygen atoms in total. The topological polar surface area (TPSA) is 111 Å². The van der Waals surface area contributed by atoms with Gasteiger partial charge in [-0.1, -0.05) is 0 Å². The number of aromatic nitrogens is 1. The number of fused-ring (bicyclic) bond motifs is 2. The second kappa shape index (κ2) is 8.08. The van der Waals surface area contributed by atoms with Crippen LogP contribution in [0, 0.1) is 5.92 Å². The number of rotatable bonds is 3. The average Bonchev–Trinajstić information content (AvgIpc) is 3.08. The molecule has 0 bridgehead atoms. The van der Waals surface area contributed by atoms with Gasteiger partial charge >= 0.3 is 0 Å². The van der Waals surface area contributed by atoms with Crippen molar-refractivity contribution in [1.82, 2.24) is 25.6 Å². The molecule has 3 saturated heterocycles. The Morgan fingerprint density at radius 3 is 3.17 bits per heavy atom. The first kappa shape index (κ1) is 19.6. The molecule has 0 saturated carbocycles. The van der Waals surface area contributed by atoms with Crippen molar-refractivity contribution in [2.75, 3.05) is 56.2 Å². The predicted octanol–water partition coefficient (Wildman–Crippen LogP) is -0.998. The number of morpholine rings is 1. The lowest BCUT2D eigenvalue weighted by Gasteiger charge is -2.44. The van der Waals surface area contributed by atoms with Crippen LogP contribution < -0.4 is 26.7 Å². The zero-order valence-corrected chi connectivity index (χ0v) is 16.6. The standard InChI is InChI=1S/C19H27FN8O2/c20-12-7-23-18-16(17(21)25-28(18)9-12)19(29)24-14-8-22-2-1-15(14)27-4-3-26-5-6-30-11-13(26)10-27/h1-2,7-8,13,16-18,23,25H,3-6,9-11,21H2,(H,24,29)/t13-,16?,17?,18?/m0/s1. The number of pyridine rings is 1. The largest absolute Gasteiger partial charge is 0.378 e. The fraction of sp³-hybridized carbons (Fsp3) is 0.579. The molecule has 0 aliphatic carbocycles. The van der Waals surface area contributed by atoms with Crippen molar-refractivity contribution in [3.8, 4) is 0 Å². The van der Waals surface area contributed by atoms with Crippen LogP contribution in [0.15, 0.2) is 30.5 Å². The number of nitrogens with two attached hydrogens (primary N) is 1. The number of carbonyl (C=O) groups is 1. The second-order valence-corrected chi connectivity index (χ2v) is 8.10. The van der Waals surface area contributed by atoms with E-state index in [1.807, 2.05) is 6.07 Å². The van der Waals surface area contributed by atoms with Crippen LogP contribution >= 0.6 is 0 Å². The first-order valence-electron chi connectivity index (χ1n) is 10.3. The van der Waals surface area contributed by atoms with Gasteiger partial charge in [0.25, 0.3) is 0 Å². The highest BCUT2D eigenvalue weighted by molar-refractivity contribution is 5.96. The summed E-state index contributed by atoms with van der Waals surface area (Å²) in [6, 6.07) is 2.27. The van der Waals surface area contributed by atoms with Crippen molar-refractivity contribution >= 4 is 17.3 Å². The number of nitrogens with one attached hydrogen (secondary N) is 3. The van der Waals surface area contributed by atoms with Crippen LogP contribution in [0.25, 0.3) is 0 Å². The van der Waals surface area contributed by atoms with E-state index in [0.29, 0.717) is 11.7 Å². The third-order valence-electron chi connectivity index (χ3n) is 6.25. The summed E-state index contributed by atoms with van der Waals surface area (Å²) in [6.07, 6.45) is 3.65. The molecule has 4 atom stereocenters. The Labute approximate surface area is 174 Å². The number of ether oxygens (including phenoxy) is 1. The Bertz CT molecular complexity index is 839. The monoisotopic (exact) mass is 418 g/mol. The molecule has 30 heavy (non-hydrogen) atoms. The number of amides is 1. The SMILES string of the molecule is NC1NN2CC(F)=CNC2C1C(=O)Nc1cnccc1N1CCN2CCOC[C@@H]2C1. The Kier molecular flexibility index (Phi) is 5.29. The van der Waals surface area contributed by atoms with Crippen LogP contribution in [0.3, 0.4) is 0 Å². The molecule has 3 fully saturated rings. The highest BCUT2D eigenvalue weighted by Crippen LogP contribution is 2.30. The zero-order valence-electron chi connectivity index (χ0n) is 16.6. The second-order valence-electron chi connectivity index (χ2n) is 8.10. The molecule has 3 unspecified atom stereocenters. The van der Waals surface area contributed by atoms with E-state index in [1.165, 1.54) is 6.20 Å². The average molecular weight is 418 g/mol. The van der Waals surface area contributed by atoms with Crippen LogP contribution in [0.2, 0.25) is 0 Å². The molecule has 162 valence electrons. The first-order chi connectivity index (χ1) is 14.6. The number of halogens is 1. The van der Waals surface area contributed by atoms with Crippen molar-refractivity contribution in [2.45, 2.75) is 18.4 Å². The molecule has 1 aromatic rings. The van der Waals surface area contributed by atoms with E-state index in [2.05, 4.69) is 30.8 Å². The van der Waals surface area contributed by atoms with Crippen LogP contribution in [0.4, 0.5) is 15.8 Å². The summed E-state index contributed by atoms with van der Waals surface area (Å²) in [7, 11) is 0. The summed E-state index contributed by atoms with van der Waals surface area (Å²) in [5, 5.41) is 7.56. The summed E-state index contributed by atoms with van der Waals surface area (Å²) >= 11 is 0. The quantitative estimate of drug-likeness (QED) is 0.491. The van der Waals surface area contributed by atoms with Crippen molar-refractivity contribution < 1.29 is 13.9 Å². The minimum atomic E-state index is -0.621. The van der Waals surface area contributed by atoms with Gasteiger partial charge in [0.05, 0.1) is 49.5 Å². The third kappa shape index (κ3) is 3.63. The Morgan fingerprint density at radius 1 is 1.37 bits per heavy atom. The lowest BCUT2D eigenvalue weighted by atomic mass is 10.0. The molecule has 4 aliphatic heterocycles. The van der Waals surface area contributed by atoms with Crippen molar-refractivity contribution in [2.24, 2.45) is 11.7 Å². The fourth-order valence-electron chi connectivity index (χ4n) is 4.71. The van der Waals surface area contributed by atoms with E-state index in [4.69, 9.17) is 10.5 Å². The van der Waals surface area contributed by atoms with Gasteiger partial charge in [-0.05, 0) is 6.07 Å². The van der Waals surface area contributed by atoms with Crippen molar-refractivity contribution in [1.29, 1.82) is 0 Å². The number of carbonyl (C=O) groups excluding carboxylic acids is 1. The minimum absolute atomic E-state index is 0.0705. The maximum Gasteiger partial charge on any atom is 0.234 e. The number of anilines is 2. The molecule has 1 amide bonds. The maximum atomic E-state index is 13.6. The van der Waals surface area contributed by atoms with E-state index in [9.17, 15) is 9.18 Å². The molecule has 0 aromatic carbocycles. The highest BCUT2D eigenvalue weighted by atomic mass is 19.1. The molecule has 5 rings (SSSR count). The number of piperazine rings is 1. The number of hydrazine groups is 1. The van der Waals surface area contributed by atoms with Crippen LogP contribution in [0.1, 0.15) is 0 Å². The summed E-state index contributed by atoms with van der Waals surface area (Å²) in [6.45, 7) is 5.20. The lowest BCUT2D eigenvalue weighted by molar-refractivity contribution is -0.121. The summed E-state index contributed by atoms with van der Waals surface area (Å²) < 4.78 is 19.2. The Balaban J connectivity index is 1.32. The van der Waals surface area contributed by atoms with Gasteiger partial charge in [0.2, 0.25) is 5.91 Å². The van der Waals surface area contributed by atoms with Gasteiger partial charge in [0.1, 0.15) is 17.9 Å². The van der Waals surface area contributed by atoms with Gasteiger partial charge in [-0.3, -0.25) is 14.7 Å². The molecule has 11 heteroatoms. The van der Waals surface area contributed by atoms with Crippen LogP contribution in [-0.4, -0.2) is 85.1 Å². The zero-order chi connectivity index (χ0) is 20.7. The van der Waals surface area contributed by atoms with E-state index < -0.39 is 18.2 Å². The third-order valence-corrected chi connectivity index (χ3v) is 6.25. The molecular weight excluding hydrogens is 391 g/mol. The summed E-state index contributed by atoms with van der Waals surface area (Å²) in [5.41, 5.74) is 10.7. The molecule has 5 N–H and O–H groups in total. The van der Waals surface area contributed by atoms with Gasteiger partial charge in [-0.15, -0.1) is 0 Å². The Morgan fingerprint density at radius 2 is 2.27 bits per heavy atom. The van der Waals surface area contributed by atoms with Crippen LogP contribution in [0.5, 0.6) is 0 Å². The Hall–Kier alpha value is -2.31. The van der Waals surface area contributed by atoms with Crippen molar-refractivity contribution in [3.63, 3.8) is 0 Å². The van der Waals surface area contributed by atoms with Gasteiger partial charge in [0.15, 0.2) is 0 Å². The minimum Gasteiger partial charge on any atom is -0.378 e. The molecule has 5 heterocycles. The predicted molar refractivity (Wildman–Crippen MR) is 109 cm³/mol. The van der Waals surface area contributed by atoms with Gasteiger partial charge < -0.3 is 26.0 Å². The van der Waals surface area contributed by atoms with Gasteiger partial charge in [-0.2, -0.15) is 0 Å². The molecule has 0 spiro atoms. The first-order valence-corrected chi connectivity index (χ1v) is 10.3. The molecule has 4 aliphatic rings. The van der Waals surface area contributed by atoms with E-state index in [-0.39, 0.29) is 18.3 Å². The smallest absolute Gasteiger partial charge is 0.234 e. The number of hydrogen-bond donors (Lipinski definition) is 4. The molecular formula is C19H27FN8O2. The van der Waals surface area contributed by atoms with E-state index in [1.54, 1.807) is 17.4 Å². The van der Waals surface area contributed by atoms with E-state index in [0.717, 1.165) is 45.1 Å². The highest BCUT2D eigenvalue weighted by Gasteiger charge is 2.46. The van der Waals surface area contributed by atoms with E-state index >= 15 is 0 Å².